The van der Waals surface area contributed by atoms with Gasteiger partial charge in [0, 0.05) is 35.9 Å². The summed E-state index contributed by atoms with van der Waals surface area (Å²) >= 11 is 6.19. The second-order valence-electron chi connectivity index (χ2n) is 6.69. The van der Waals surface area contributed by atoms with Crippen LogP contribution in [-0.4, -0.2) is 24.5 Å². The van der Waals surface area contributed by atoms with Crippen molar-refractivity contribution in [2.45, 2.75) is 19.9 Å². The van der Waals surface area contributed by atoms with Gasteiger partial charge in [0.2, 0.25) is 0 Å². The van der Waals surface area contributed by atoms with Gasteiger partial charge in [0.25, 0.3) is 5.91 Å². The zero-order valence-electron chi connectivity index (χ0n) is 16.1. The van der Waals surface area contributed by atoms with Crippen LogP contribution in [0.15, 0.2) is 60.8 Å². The van der Waals surface area contributed by atoms with Crippen LogP contribution in [0.3, 0.4) is 0 Å². The summed E-state index contributed by atoms with van der Waals surface area (Å²) in [7, 11) is 1.63. The number of nitrogens with zero attached hydrogens (tertiary/aromatic N) is 1. The van der Waals surface area contributed by atoms with E-state index in [0.717, 1.165) is 52.5 Å². The molecule has 1 heterocycles. The first-order valence-corrected chi connectivity index (χ1v) is 9.68. The molecule has 0 saturated carbocycles. The largest absolute Gasteiger partial charge is 0.355 e. The summed E-state index contributed by atoms with van der Waals surface area (Å²) in [5, 5.41) is 6.91. The van der Waals surface area contributed by atoms with E-state index >= 15 is 0 Å². The van der Waals surface area contributed by atoms with Gasteiger partial charge in [-0.05, 0) is 54.8 Å². The third-order valence-electron chi connectivity index (χ3n) is 4.62. The summed E-state index contributed by atoms with van der Waals surface area (Å²) in [5.74, 6) is -0.0983. The normalized spacial score (nSPS) is 10.7. The Labute approximate surface area is 171 Å². The van der Waals surface area contributed by atoms with E-state index in [-0.39, 0.29) is 5.91 Å². The smallest absolute Gasteiger partial charge is 0.251 e. The molecule has 0 radical (unpaired) electrons. The lowest BCUT2D eigenvalue weighted by molar-refractivity contribution is 0.0963. The monoisotopic (exact) mass is 393 g/mol. The Balaban J connectivity index is 1.63. The molecule has 0 aliphatic rings. The van der Waals surface area contributed by atoms with Gasteiger partial charge in [0.15, 0.2) is 0 Å². The van der Waals surface area contributed by atoms with Crippen molar-refractivity contribution in [3.05, 3.63) is 88.1 Å². The molecule has 5 heteroatoms. The Morgan fingerprint density at radius 3 is 2.68 bits per heavy atom. The maximum absolute atomic E-state index is 11.9. The highest BCUT2D eigenvalue weighted by atomic mass is 35.5. The quantitative estimate of drug-likeness (QED) is 0.585. The van der Waals surface area contributed by atoms with Gasteiger partial charge in [-0.2, -0.15) is 0 Å². The minimum atomic E-state index is -0.0983. The zero-order chi connectivity index (χ0) is 19.9. The number of pyridine rings is 1. The van der Waals surface area contributed by atoms with Crippen LogP contribution in [0.25, 0.3) is 11.3 Å². The first-order chi connectivity index (χ1) is 13.6. The molecule has 28 heavy (non-hydrogen) atoms. The molecule has 1 aromatic heterocycles. The molecular formula is C23H24ClN3O. The lowest BCUT2D eigenvalue weighted by atomic mass is 10.0. The number of carbonyl (C=O) groups is 1. The van der Waals surface area contributed by atoms with Crippen LogP contribution in [-0.2, 0) is 13.0 Å². The minimum Gasteiger partial charge on any atom is -0.355 e. The fraction of sp³-hybridized carbons (Fsp3) is 0.217. The number of aromatic nitrogens is 1. The molecule has 0 aliphatic heterocycles. The van der Waals surface area contributed by atoms with Crippen molar-refractivity contribution < 1.29 is 4.79 Å². The molecule has 0 atom stereocenters. The summed E-state index contributed by atoms with van der Waals surface area (Å²) < 4.78 is 0. The summed E-state index contributed by atoms with van der Waals surface area (Å²) in [6, 6.07) is 17.6. The molecule has 0 saturated heterocycles. The van der Waals surface area contributed by atoms with Crippen LogP contribution < -0.4 is 10.6 Å². The number of hydrogen-bond acceptors (Lipinski definition) is 3. The topological polar surface area (TPSA) is 54.0 Å². The standard InChI is InChI=1S/C23H24ClN3O/c1-16-12-17(14-26-11-10-18-6-3-4-9-21(18)24)15-27-22(16)19-7-5-8-20(13-19)23(28)25-2/h3-9,12-13,15,26H,10-11,14H2,1-2H3,(H,25,28). The van der Waals surface area contributed by atoms with E-state index in [1.54, 1.807) is 13.1 Å². The van der Waals surface area contributed by atoms with Crippen molar-refractivity contribution in [2.24, 2.45) is 0 Å². The number of nitrogens with one attached hydrogen (secondary N) is 2. The van der Waals surface area contributed by atoms with Crippen molar-refractivity contribution in [2.75, 3.05) is 13.6 Å². The van der Waals surface area contributed by atoms with Gasteiger partial charge < -0.3 is 10.6 Å². The van der Waals surface area contributed by atoms with E-state index in [1.165, 1.54) is 0 Å². The highest BCUT2D eigenvalue weighted by Crippen LogP contribution is 2.23. The molecular weight excluding hydrogens is 370 g/mol. The fourth-order valence-electron chi connectivity index (χ4n) is 3.14. The number of halogens is 1. The SMILES string of the molecule is CNC(=O)c1cccc(-c2ncc(CNCCc3ccccc3Cl)cc2C)c1. The Kier molecular flexibility index (Phi) is 6.80. The van der Waals surface area contributed by atoms with E-state index < -0.39 is 0 Å². The Morgan fingerprint density at radius 2 is 1.93 bits per heavy atom. The fourth-order valence-corrected chi connectivity index (χ4v) is 3.37. The molecule has 0 bridgehead atoms. The van der Waals surface area contributed by atoms with Crippen LogP contribution in [0.2, 0.25) is 5.02 Å². The van der Waals surface area contributed by atoms with Crippen molar-refractivity contribution in [1.29, 1.82) is 0 Å². The summed E-state index contributed by atoms with van der Waals surface area (Å²) in [6.07, 6.45) is 2.77. The summed E-state index contributed by atoms with van der Waals surface area (Å²) in [5.41, 5.74) is 5.83. The first-order valence-electron chi connectivity index (χ1n) is 9.30. The van der Waals surface area contributed by atoms with Crippen LogP contribution in [0.1, 0.15) is 27.0 Å². The van der Waals surface area contributed by atoms with Gasteiger partial charge in [-0.15, -0.1) is 0 Å². The van der Waals surface area contributed by atoms with Gasteiger partial charge in [0.05, 0.1) is 5.69 Å². The predicted molar refractivity (Wildman–Crippen MR) is 115 cm³/mol. The van der Waals surface area contributed by atoms with Gasteiger partial charge in [-0.3, -0.25) is 9.78 Å². The molecule has 144 valence electrons. The predicted octanol–water partition coefficient (Wildman–Crippen LogP) is 4.40. The van der Waals surface area contributed by atoms with E-state index in [9.17, 15) is 4.79 Å². The highest BCUT2D eigenvalue weighted by Gasteiger charge is 2.09. The third kappa shape index (κ3) is 4.97. The summed E-state index contributed by atoms with van der Waals surface area (Å²) in [6.45, 7) is 3.64. The van der Waals surface area contributed by atoms with Crippen LogP contribution in [0, 0.1) is 6.92 Å². The minimum absolute atomic E-state index is 0.0983. The highest BCUT2D eigenvalue weighted by molar-refractivity contribution is 6.31. The average Bonchev–Trinajstić information content (AvgIpc) is 2.72. The second kappa shape index (κ2) is 9.49. The van der Waals surface area contributed by atoms with Crippen molar-refractivity contribution >= 4 is 17.5 Å². The van der Waals surface area contributed by atoms with Gasteiger partial charge >= 0.3 is 0 Å². The molecule has 2 aromatic carbocycles. The van der Waals surface area contributed by atoms with E-state index in [1.807, 2.05) is 49.5 Å². The van der Waals surface area contributed by atoms with E-state index in [2.05, 4.69) is 27.8 Å². The lowest BCUT2D eigenvalue weighted by Gasteiger charge is -2.10. The molecule has 1 amide bonds. The number of benzene rings is 2. The molecule has 3 aromatic rings. The number of aryl methyl sites for hydroxylation is 1. The Hall–Kier alpha value is -2.69. The van der Waals surface area contributed by atoms with Crippen LogP contribution >= 0.6 is 11.6 Å². The van der Waals surface area contributed by atoms with E-state index in [4.69, 9.17) is 11.6 Å². The number of rotatable bonds is 7. The molecule has 2 N–H and O–H groups in total. The Bertz CT molecular complexity index is 972. The van der Waals surface area contributed by atoms with Gasteiger partial charge in [-0.25, -0.2) is 0 Å². The van der Waals surface area contributed by atoms with Crippen LogP contribution in [0.5, 0.6) is 0 Å². The van der Waals surface area contributed by atoms with Crippen molar-refractivity contribution in [1.82, 2.24) is 15.6 Å². The van der Waals surface area contributed by atoms with Gasteiger partial charge in [0.1, 0.15) is 0 Å². The third-order valence-corrected chi connectivity index (χ3v) is 4.99. The first kappa shape index (κ1) is 20.1. The van der Waals surface area contributed by atoms with Gasteiger partial charge in [-0.1, -0.05) is 48.0 Å². The second-order valence-corrected chi connectivity index (χ2v) is 7.09. The molecule has 0 aliphatic carbocycles. The molecule has 0 spiro atoms. The van der Waals surface area contributed by atoms with Crippen molar-refractivity contribution in [3.8, 4) is 11.3 Å². The zero-order valence-corrected chi connectivity index (χ0v) is 16.9. The van der Waals surface area contributed by atoms with Crippen LogP contribution in [0.4, 0.5) is 0 Å². The number of hydrogen-bond donors (Lipinski definition) is 2. The van der Waals surface area contributed by atoms with Crippen molar-refractivity contribution in [3.63, 3.8) is 0 Å². The molecule has 0 fully saturated rings. The average molecular weight is 394 g/mol. The van der Waals surface area contributed by atoms with E-state index in [0.29, 0.717) is 5.56 Å². The molecule has 3 rings (SSSR count). The Morgan fingerprint density at radius 1 is 1.11 bits per heavy atom. The maximum Gasteiger partial charge on any atom is 0.251 e. The molecule has 4 nitrogen and oxygen atoms in total. The summed E-state index contributed by atoms with van der Waals surface area (Å²) in [4.78, 5) is 16.5. The molecule has 0 unspecified atom stereocenters. The maximum atomic E-state index is 11.9. The number of amides is 1. The number of carbonyl (C=O) groups excluding carboxylic acids is 1. The lowest BCUT2D eigenvalue weighted by Crippen LogP contribution is -2.17.